The Kier molecular flexibility index (Phi) is 6.01. The van der Waals surface area contributed by atoms with Gasteiger partial charge in [-0.05, 0) is 38.5 Å². The molecule has 0 atom stereocenters. The zero-order valence-corrected chi connectivity index (χ0v) is 14.8. The number of carbonyl (C=O) groups excluding carboxylic acids is 1. The van der Waals surface area contributed by atoms with Gasteiger partial charge in [-0.3, -0.25) is 4.79 Å². The SMILES string of the molecule is O=C(O)C1CCN(C(=O)N(C2CCCCC2)C2CCCCC2)CC1. The van der Waals surface area contributed by atoms with Crippen molar-refractivity contribution in [2.24, 2.45) is 5.92 Å². The molecule has 0 bridgehead atoms. The predicted octanol–water partition coefficient (Wildman–Crippen LogP) is 3.87. The van der Waals surface area contributed by atoms with E-state index in [0.717, 1.165) is 25.7 Å². The number of likely N-dealkylation sites (tertiary alicyclic amines) is 1. The normalized spacial score (nSPS) is 24.8. The first kappa shape index (κ1) is 17.6. The van der Waals surface area contributed by atoms with Gasteiger partial charge in [0.25, 0.3) is 0 Å². The Morgan fingerprint density at radius 3 is 1.62 bits per heavy atom. The van der Waals surface area contributed by atoms with Crippen LogP contribution in [0.5, 0.6) is 0 Å². The number of carboxylic acid groups (broad SMARTS) is 1. The topological polar surface area (TPSA) is 60.9 Å². The molecular formula is C19H32N2O3. The molecule has 3 aliphatic rings. The minimum absolute atomic E-state index is 0.192. The van der Waals surface area contributed by atoms with E-state index in [-0.39, 0.29) is 11.9 Å². The lowest BCUT2D eigenvalue weighted by Gasteiger charge is -2.45. The van der Waals surface area contributed by atoms with Crippen molar-refractivity contribution in [2.75, 3.05) is 13.1 Å². The van der Waals surface area contributed by atoms with E-state index in [4.69, 9.17) is 5.11 Å². The minimum Gasteiger partial charge on any atom is -0.481 e. The number of carbonyl (C=O) groups is 2. The van der Waals surface area contributed by atoms with Crippen LogP contribution < -0.4 is 0 Å². The van der Waals surface area contributed by atoms with Gasteiger partial charge in [-0.25, -0.2) is 4.79 Å². The van der Waals surface area contributed by atoms with Crippen LogP contribution in [-0.4, -0.2) is 52.1 Å². The molecule has 2 aliphatic carbocycles. The third-order valence-electron chi connectivity index (χ3n) is 6.27. The van der Waals surface area contributed by atoms with E-state index in [0.29, 0.717) is 38.0 Å². The molecule has 1 heterocycles. The second kappa shape index (κ2) is 8.21. The summed E-state index contributed by atoms with van der Waals surface area (Å²) < 4.78 is 0. The zero-order valence-electron chi connectivity index (χ0n) is 14.8. The number of amides is 2. The van der Waals surface area contributed by atoms with Crippen molar-refractivity contribution in [3.05, 3.63) is 0 Å². The second-order valence-electron chi connectivity index (χ2n) is 7.87. The molecule has 2 amide bonds. The molecule has 5 heteroatoms. The van der Waals surface area contributed by atoms with Crippen LogP contribution in [0.2, 0.25) is 0 Å². The summed E-state index contributed by atoms with van der Waals surface area (Å²) in [6.07, 6.45) is 13.3. The van der Waals surface area contributed by atoms with Crippen LogP contribution in [0.15, 0.2) is 0 Å². The van der Waals surface area contributed by atoms with Gasteiger partial charge in [0.15, 0.2) is 0 Å². The maximum Gasteiger partial charge on any atom is 0.320 e. The second-order valence-corrected chi connectivity index (χ2v) is 7.87. The highest BCUT2D eigenvalue weighted by molar-refractivity contribution is 5.76. The molecule has 5 nitrogen and oxygen atoms in total. The molecule has 136 valence electrons. The van der Waals surface area contributed by atoms with Crippen LogP contribution in [0.3, 0.4) is 0 Å². The van der Waals surface area contributed by atoms with E-state index in [1.54, 1.807) is 0 Å². The van der Waals surface area contributed by atoms with Gasteiger partial charge in [-0.1, -0.05) is 38.5 Å². The lowest BCUT2D eigenvalue weighted by atomic mass is 9.88. The first-order valence-corrected chi connectivity index (χ1v) is 9.97. The molecule has 0 unspecified atom stereocenters. The molecule has 1 aliphatic heterocycles. The number of rotatable bonds is 3. The number of piperidine rings is 1. The van der Waals surface area contributed by atoms with E-state index >= 15 is 0 Å². The van der Waals surface area contributed by atoms with Gasteiger partial charge in [0.2, 0.25) is 0 Å². The molecule has 2 saturated carbocycles. The molecule has 3 fully saturated rings. The van der Waals surface area contributed by atoms with Crippen molar-refractivity contribution < 1.29 is 14.7 Å². The molecule has 0 aromatic rings. The monoisotopic (exact) mass is 336 g/mol. The summed E-state index contributed by atoms with van der Waals surface area (Å²) in [7, 11) is 0. The fourth-order valence-corrected chi connectivity index (χ4v) is 4.81. The van der Waals surface area contributed by atoms with Gasteiger partial charge in [-0.15, -0.1) is 0 Å². The third-order valence-corrected chi connectivity index (χ3v) is 6.27. The Morgan fingerprint density at radius 1 is 0.750 bits per heavy atom. The minimum atomic E-state index is -0.710. The van der Waals surface area contributed by atoms with Crippen LogP contribution in [0.4, 0.5) is 4.79 Å². The smallest absolute Gasteiger partial charge is 0.320 e. The van der Waals surface area contributed by atoms with Crippen LogP contribution in [0.1, 0.15) is 77.0 Å². The van der Waals surface area contributed by atoms with Gasteiger partial charge in [0.1, 0.15) is 0 Å². The zero-order chi connectivity index (χ0) is 16.9. The average molecular weight is 336 g/mol. The molecule has 0 aromatic heterocycles. The summed E-state index contributed by atoms with van der Waals surface area (Å²) in [5.41, 5.74) is 0. The highest BCUT2D eigenvalue weighted by atomic mass is 16.4. The van der Waals surface area contributed by atoms with E-state index in [2.05, 4.69) is 4.90 Å². The Balaban J connectivity index is 1.67. The number of nitrogens with zero attached hydrogens (tertiary/aromatic N) is 2. The maximum atomic E-state index is 13.3. The number of aliphatic carboxylic acids is 1. The van der Waals surface area contributed by atoms with Crippen LogP contribution in [-0.2, 0) is 4.79 Å². The summed E-state index contributed by atoms with van der Waals surface area (Å²) in [6.45, 7) is 1.21. The maximum absolute atomic E-state index is 13.3. The standard InChI is InChI=1S/C19H32N2O3/c22-18(23)15-11-13-20(14-12-15)19(24)21(16-7-3-1-4-8-16)17-9-5-2-6-10-17/h15-17H,1-14H2,(H,22,23). The van der Waals surface area contributed by atoms with Gasteiger partial charge in [0, 0.05) is 25.2 Å². The van der Waals surface area contributed by atoms with Crippen molar-refractivity contribution in [1.82, 2.24) is 9.80 Å². The number of hydrogen-bond acceptors (Lipinski definition) is 2. The lowest BCUT2D eigenvalue weighted by molar-refractivity contribution is -0.143. The molecule has 3 rings (SSSR count). The number of carboxylic acids is 1. The van der Waals surface area contributed by atoms with Gasteiger partial charge in [0.05, 0.1) is 5.92 Å². The average Bonchev–Trinajstić information content (AvgIpc) is 2.64. The Bertz CT molecular complexity index is 416. The Hall–Kier alpha value is -1.26. The predicted molar refractivity (Wildman–Crippen MR) is 92.9 cm³/mol. The van der Waals surface area contributed by atoms with Gasteiger partial charge in [-0.2, -0.15) is 0 Å². The Labute approximate surface area is 145 Å². The molecule has 1 N–H and O–H groups in total. The van der Waals surface area contributed by atoms with Crippen LogP contribution in [0.25, 0.3) is 0 Å². The molecule has 0 aromatic carbocycles. The van der Waals surface area contributed by atoms with E-state index in [1.807, 2.05) is 4.90 Å². The summed E-state index contributed by atoms with van der Waals surface area (Å²) >= 11 is 0. The van der Waals surface area contributed by atoms with Crippen molar-refractivity contribution in [1.29, 1.82) is 0 Å². The fourth-order valence-electron chi connectivity index (χ4n) is 4.81. The molecule has 1 saturated heterocycles. The number of urea groups is 1. The summed E-state index contributed by atoms with van der Waals surface area (Å²) in [5, 5.41) is 9.17. The van der Waals surface area contributed by atoms with E-state index < -0.39 is 5.97 Å². The third kappa shape index (κ3) is 4.04. The molecule has 24 heavy (non-hydrogen) atoms. The van der Waals surface area contributed by atoms with Gasteiger partial charge >= 0.3 is 12.0 Å². The van der Waals surface area contributed by atoms with Crippen molar-refractivity contribution in [3.8, 4) is 0 Å². The highest BCUT2D eigenvalue weighted by Crippen LogP contribution is 2.32. The molecule has 0 radical (unpaired) electrons. The van der Waals surface area contributed by atoms with Gasteiger partial charge < -0.3 is 14.9 Å². The summed E-state index contributed by atoms with van der Waals surface area (Å²) in [5.74, 6) is -0.981. The summed E-state index contributed by atoms with van der Waals surface area (Å²) in [4.78, 5) is 28.6. The largest absolute Gasteiger partial charge is 0.481 e. The van der Waals surface area contributed by atoms with Crippen LogP contribution in [0, 0.1) is 5.92 Å². The number of hydrogen-bond donors (Lipinski definition) is 1. The molecule has 0 spiro atoms. The fraction of sp³-hybridized carbons (Fsp3) is 0.895. The lowest BCUT2D eigenvalue weighted by Crippen LogP contribution is -2.55. The first-order chi connectivity index (χ1) is 11.7. The quantitative estimate of drug-likeness (QED) is 0.851. The van der Waals surface area contributed by atoms with E-state index in [9.17, 15) is 9.59 Å². The highest BCUT2D eigenvalue weighted by Gasteiger charge is 2.36. The van der Waals surface area contributed by atoms with Crippen molar-refractivity contribution >= 4 is 12.0 Å². The first-order valence-electron chi connectivity index (χ1n) is 9.97. The van der Waals surface area contributed by atoms with E-state index in [1.165, 1.54) is 38.5 Å². The van der Waals surface area contributed by atoms with Crippen LogP contribution >= 0.6 is 0 Å². The van der Waals surface area contributed by atoms with Crippen molar-refractivity contribution in [2.45, 2.75) is 89.1 Å². The molecular weight excluding hydrogens is 304 g/mol. The Morgan fingerprint density at radius 2 is 1.21 bits per heavy atom. The summed E-state index contributed by atoms with van der Waals surface area (Å²) in [6, 6.07) is 1.01. The van der Waals surface area contributed by atoms with Crippen molar-refractivity contribution in [3.63, 3.8) is 0 Å².